The van der Waals surface area contributed by atoms with Crippen molar-refractivity contribution in [3.05, 3.63) is 280 Å². The van der Waals surface area contributed by atoms with E-state index in [1.165, 1.54) is 137 Å². The van der Waals surface area contributed by atoms with Crippen molar-refractivity contribution in [3.8, 4) is 55.6 Å². The van der Waals surface area contributed by atoms with Crippen LogP contribution >= 0.6 is 0 Å². The Hall–Kier alpha value is -8.00. The predicted molar refractivity (Wildman–Crippen MR) is 336 cm³/mol. The van der Waals surface area contributed by atoms with Crippen LogP contribution in [-0.4, -0.2) is 0 Å². The van der Waals surface area contributed by atoms with E-state index < -0.39 is 5.41 Å². The van der Waals surface area contributed by atoms with Crippen LogP contribution in [0.1, 0.15) is 137 Å². The lowest BCUT2D eigenvalue weighted by Crippen LogP contribution is -2.32. The average Bonchev–Trinajstić information content (AvgIpc) is 4.33. The Morgan fingerprint density at radius 2 is 0.838 bits per heavy atom. The van der Waals surface area contributed by atoms with Crippen molar-refractivity contribution < 1.29 is 0 Å². The highest BCUT2D eigenvalue weighted by atomic mass is 15.1. The SMILES string of the molecule is CC(C)(C)c1cccc(C2(c3cccc(C(C)(C)C)c3)c3ccccc3-c3ccc(N(c4ccc(-c5ccccc5-c5cccc6c5C(C)(C)c5ccccc5-6)cc4)c4ccc5c(c4)C4(CC6CCC4C6)c4ccccc4-5)cc32)c1. The molecule has 5 aliphatic rings. The molecule has 0 N–H and O–H groups in total. The maximum absolute atomic E-state index is 2.63. The van der Waals surface area contributed by atoms with Crippen LogP contribution in [-0.2, 0) is 27.1 Å². The number of benzene rings is 10. The van der Waals surface area contributed by atoms with Crippen molar-refractivity contribution in [3.63, 3.8) is 0 Å². The van der Waals surface area contributed by atoms with Gasteiger partial charge in [0.1, 0.15) is 0 Å². The molecular formula is C79H71N. The summed E-state index contributed by atoms with van der Waals surface area (Å²) in [6, 6.07) is 87.3. The molecule has 392 valence electrons. The molecular weight excluding hydrogens is 963 g/mol. The molecule has 10 aromatic rings. The summed E-state index contributed by atoms with van der Waals surface area (Å²) in [5.41, 5.74) is 29.8. The fourth-order valence-electron chi connectivity index (χ4n) is 16.4. The maximum atomic E-state index is 2.63. The first-order valence-corrected chi connectivity index (χ1v) is 29.6. The van der Waals surface area contributed by atoms with Gasteiger partial charge in [-0.25, -0.2) is 0 Å². The van der Waals surface area contributed by atoms with Crippen LogP contribution in [0.4, 0.5) is 17.1 Å². The molecule has 3 unspecified atom stereocenters. The van der Waals surface area contributed by atoms with E-state index in [2.05, 4.69) is 285 Å². The van der Waals surface area contributed by atoms with Crippen LogP contribution in [0.3, 0.4) is 0 Å². The van der Waals surface area contributed by atoms with E-state index in [9.17, 15) is 0 Å². The van der Waals surface area contributed by atoms with Gasteiger partial charge in [0, 0.05) is 27.9 Å². The normalized spacial score (nSPS) is 19.3. The topological polar surface area (TPSA) is 3.24 Å². The minimum atomic E-state index is -0.593. The van der Waals surface area contributed by atoms with Gasteiger partial charge >= 0.3 is 0 Å². The zero-order valence-electron chi connectivity index (χ0n) is 47.8. The Labute approximate surface area is 475 Å². The Morgan fingerprint density at radius 1 is 0.375 bits per heavy atom. The fourth-order valence-corrected chi connectivity index (χ4v) is 16.4. The standard InChI is InChI=1S/C79H71N/c1-75(2,3)52-20-17-22-55(45-52)79(56-23-18-21-53(46-56)76(4,5)6)71-33-16-13-27-63(71)66-43-41-59(48-73(66)79)80(58-40-42-65-62-26-12-15-32-70(62)78(72(65)47-58)49-50-34-37-54(78)44-50)57-38-35-51(36-39-57)60-24-9-10-25-61(60)67-29-19-30-68-64-28-11-14-31-69(64)77(7,8)74(67)68/h9-33,35-36,38-43,45-48,50,54H,34,37,44,49H2,1-8H3. The van der Waals surface area contributed by atoms with E-state index in [1.807, 2.05) is 0 Å². The van der Waals surface area contributed by atoms with Crippen molar-refractivity contribution in [1.29, 1.82) is 0 Å². The Bertz CT molecular complexity index is 4090. The third-order valence-corrected chi connectivity index (χ3v) is 20.1. The number of nitrogens with zero attached hydrogens (tertiary/aromatic N) is 1. The zero-order valence-corrected chi connectivity index (χ0v) is 47.8. The molecule has 2 saturated carbocycles. The quantitative estimate of drug-likeness (QED) is 0.154. The Kier molecular flexibility index (Phi) is 10.7. The number of anilines is 3. The van der Waals surface area contributed by atoms with Crippen LogP contribution in [0.15, 0.2) is 224 Å². The van der Waals surface area contributed by atoms with E-state index in [0.29, 0.717) is 5.92 Å². The van der Waals surface area contributed by atoms with Crippen molar-refractivity contribution >= 4 is 17.1 Å². The lowest BCUT2D eigenvalue weighted by atomic mass is 9.66. The molecule has 0 aliphatic heterocycles. The minimum Gasteiger partial charge on any atom is -0.310 e. The molecule has 5 aliphatic carbocycles. The van der Waals surface area contributed by atoms with Gasteiger partial charge in [0.25, 0.3) is 0 Å². The lowest BCUT2D eigenvalue weighted by Gasteiger charge is -2.37. The molecule has 2 fully saturated rings. The summed E-state index contributed by atoms with van der Waals surface area (Å²) in [6.45, 7) is 18.9. The van der Waals surface area contributed by atoms with Gasteiger partial charge in [-0.15, -0.1) is 0 Å². The molecule has 1 spiro atoms. The van der Waals surface area contributed by atoms with E-state index in [0.717, 1.165) is 17.3 Å². The average molecular weight is 1030 g/mol. The molecule has 1 heteroatoms. The first-order chi connectivity index (χ1) is 38.7. The number of rotatable bonds is 7. The largest absolute Gasteiger partial charge is 0.310 e. The maximum Gasteiger partial charge on any atom is 0.0714 e. The van der Waals surface area contributed by atoms with Crippen molar-refractivity contribution in [2.45, 2.75) is 108 Å². The van der Waals surface area contributed by atoms with Gasteiger partial charge in [-0.1, -0.05) is 250 Å². The van der Waals surface area contributed by atoms with E-state index in [1.54, 1.807) is 5.56 Å². The number of hydrogen-bond acceptors (Lipinski definition) is 1. The predicted octanol–water partition coefficient (Wildman–Crippen LogP) is 20.8. The third-order valence-electron chi connectivity index (χ3n) is 20.1. The second kappa shape index (κ2) is 17.5. The van der Waals surface area contributed by atoms with Crippen LogP contribution < -0.4 is 4.90 Å². The van der Waals surface area contributed by atoms with E-state index >= 15 is 0 Å². The molecule has 80 heavy (non-hydrogen) atoms. The van der Waals surface area contributed by atoms with Gasteiger partial charge in [0.05, 0.1) is 5.41 Å². The van der Waals surface area contributed by atoms with Crippen LogP contribution in [0.2, 0.25) is 0 Å². The number of hydrogen-bond donors (Lipinski definition) is 0. The molecule has 0 aromatic heterocycles. The van der Waals surface area contributed by atoms with Gasteiger partial charge < -0.3 is 4.90 Å². The summed E-state index contributed by atoms with van der Waals surface area (Å²) in [7, 11) is 0. The van der Waals surface area contributed by atoms with Crippen LogP contribution in [0.25, 0.3) is 55.6 Å². The van der Waals surface area contributed by atoms with Gasteiger partial charge in [-0.3, -0.25) is 0 Å². The highest BCUT2D eigenvalue weighted by Crippen LogP contribution is 2.66. The van der Waals surface area contributed by atoms with E-state index in [-0.39, 0.29) is 21.7 Å². The van der Waals surface area contributed by atoms with E-state index in [4.69, 9.17) is 0 Å². The van der Waals surface area contributed by atoms with Gasteiger partial charge in [-0.2, -0.15) is 0 Å². The fraction of sp³-hybridized carbons (Fsp3) is 0.241. The second-order valence-corrected chi connectivity index (χ2v) is 26.8. The summed E-state index contributed by atoms with van der Waals surface area (Å²) < 4.78 is 0. The highest BCUT2D eigenvalue weighted by Gasteiger charge is 2.57. The lowest BCUT2D eigenvalue weighted by molar-refractivity contribution is 0.327. The summed E-state index contributed by atoms with van der Waals surface area (Å²) in [5.74, 6) is 1.45. The minimum absolute atomic E-state index is 0.0380. The highest BCUT2D eigenvalue weighted by molar-refractivity contribution is 5.95. The molecule has 0 amide bonds. The molecule has 0 heterocycles. The summed E-state index contributed by atoms with van der Waals surface area (Å²) in [5, 5.41) is 0. The first kappa shape index (κ1) is 49.1. The van der Waals surface area contributed by atoms with Crippen molar-refractivity contribution in [1.82, 2.24) is 0 Å². The molecule has 3 atom stereocenters. The molecule has 15 rings (SSSR count). The summed E-state index contributed by atoms with van der Waals surface area (Å²) in [4.78, 5) is 2.59. The van der Waals surface area contributed by atoms with Gasteiger partial charge in [0.15, 0.2) is 0 Å². The van der Waals surface area contributed by atoms with Gasteiger partial charge in [0.2, 0.25) is 0 Å². The number of fused-ring (bicyclic) bond motifs is 14. The van der Waals surface area contributed by atoms with Crippen molar-refractivity contribution in [2.75, 3.05) is 4.90 Å². The smallest absolute Gasteiger partial charge is 0.0714 e. The Morgan fingerprint density at radius 3 is 1.43 bits per heavy atom. The monoisotopic (exact) mass is 1030 g/mol. The van der Waals surface area contributed by atoms with Crippen molar-refractivity contribution in [2.24, 2.45) is 11.8 Å². The molecule has 0 saturated heterocycles. The first-order valence-electron chi connectivity index (χ1n) is 29.6. The van der Waals surface area contributed by atoms with Crippen LogP contribution in [0.5, 0.6) is 0 Å². The molecule has 1 nitrogen and oxygen atoms in total. The molecule has 2 bridgehead atoms. The van der Waals surface area contributed by atoms with Gasteiger partial charge in [-0.05, 0) is 190 Å². The molecule has 0 radical (unpaired) electrons. The zero-order chi connectivity index (χ0) is 54.5. The summed E-state index contributed by atoms with van der Waals surface area (Å²) in [6.07, 6.45) is 5.25. The summed E-state index contributed by atoms with van der Waals surface area (Å²) >= 11 is 0. The second-order valence-electron chi connectivity index (χ2n) is 26.8. The third kappa shape index (κ3) is 7.01. The molecule has 10 aromatic carbocycles. The Balaban J connectivity index is 0.944. The van der Waals surface area contributed by atoms with Crippen LogP contribution in [0, 0.1) is 11.8 Å².